The fourth-order valence-electron chi connectivity index (χ4n) is 3.45. The molecule has 28 heavy (non-hydrogen) atoms. The van der Waals surface area contributed by atoms with Crippen LogP contribution in [0.15, 0.2) is 0 Å². The third-order valence-electron chi connectivity index (χ3n) is 5.42. The minimum atomic E-state index is -0.525. The molecule has 3 atom stereocenters. The monoisotopic (exact) mass is 398 g/mol. The minimum Gasteiger partial charge on any atom is -0.383 e. The van der Waals surface area contributed by atoms with E-state index in [0.717, 1.165) is 19.3 Å². The summed E-state index contributed by atoms with van der Waals surface area (Å²) in [4.78, 5) is 0. The Balaban J connectivity index is 4.38. The zero-order chi connectivity index (χ0) is 21.0. The van der Waals surface area contributed by atoms with E-state index in [0.29, 0.717) is 0 Å². The van der Waals surface area contributed by atoms with Crippen LogP contribution < -0.4 is 0 Å². The molecule has 0 fully saturated rings. The van der Waals surface area contributed by atoms with Gasteiger partial charge in [0.25, 0.3) is 0 Å². The van der Waals surface area contributed by atoms with E-state index in [-0.39, 0.29) is 18.3 Å². The molecule has 0 aromatic carbocycles. The van der Waals surface area contributed by atoms with Crippen molar-refractivity contribution in [1.82, 2.24) is 0 Å². The standard InChI is InChI=1S/C24H51BO3/c1-7-10-13-16-19-22(4)26-25(27-23(5)20-17-14-11-8-2)28-24(6)21-18-15-12-9-3/h22-24H,7-21H2,1-6H3/t22-,23-,24+/m1/s1. The molecule has 4 heteroatoms. The predicted molar refractivity (Wildman–Crippen MR) is 124 cm³/mol. The summed E-state index contributed by atoms with van der Waals surface area (Å²) >= 11 is 0. The van der Waals surface area contributed by atoms with Crippen LogP contribution in [0.3, 0.4) is 0 Å². The molecule has 0 radical (unpaired) electrons. The van der Waals surface area contributed by atoms with E-state index in [9.17, 15) is 0 Å². The van der Waals surface area contributed by atoms with E-state index in [1.807, 2.05) is 0 Å². The third-order valence-corrected chi connectivity index (χ3v) is 5.42. The van der Waals surface area contributed by atoms with Crippen molar-refractivity contribution in [2.24, 2.45) is 0 Å². The highest BCUT2D eigenvalue weighted by Crippen LogP contribution is 2.16. The van der Waals surface area contributed by atoms with Crippen LogP contribution in [-0.2, 0) is 14.0 Å². The zero-order valence-corrected chi connectivity index (χ0v) is 20.1. The van der Waals surface area contributed by atoms with E-state index in [1.165, 1.54) is 77.0 Å². The highest BCUT2D eigenvalue weighted by Gasteiger charge is 2.28. The SMILES string of the molecule is CCCCCC[C@@H](C)OB(O[C@H](C)CCCCCC)O[C@@H](C)CCCCCC. The van der Waals surface area contributed by atoms with Crippen molar-refractivity contribution in [1.29, 1.82) is 0 Å². The van der Waals surface area contributed by atoms with Gasteiger partial charge >= 0.3 is 7.32 Å². The average molecular weight is 398 g/mol. The van der Waals surface area contributed by atoms with Crippen LogP contribution in [0.5, 0.6) is 0 Å². The summed E-state index contributed by atoms with van der Waals surface area (Å²) in [7, 11) is -0.525. The second-order valence-corrected chi connectivity index (χ2v) is 8.68. The van der Waals surface area contributed by atoms with Crippen LogP contribution >= 0.6 is 0 Å². The van der Waals surface area contributed by atoms with Crippen LogP contribution in [0.25, 0.3) is 0 Å². The molecule has 0 aliphatic carbocycles. The summed E-state index contributed by atoms with van der Waals surface area (Å²) in [6, 6.07) is 0. The summed E-state index contributed by atoms with van der Waals surface area (Å²) in [6.45, 7) is 13.2. The molecule has 0 amide bonds. The molecule has 0 aromatic rings. The molecule has 0 saturated carbocycles. The van der Waals surface area contributed by atoms with Crippen molar-refractivity contribution in [2.75, 3.05) is 0 Å². The molecule has 0 N–H and O–H groups in total. The van der Waals surface area contributed by atoms with Crippen molar-refractivity contribution in [3.8, 4) is 0 Å². The molecule has 0 spiro atoms. The van der Waals surface area contributed by atoms with Crippen molar-refractivity contribution < 1.29 is 14.0 Å². The molecule has 0 heterocycles. The molecule has 0 saturated heterocycles. The first kappa shape index (κ1) is 27.9. The lowest BCUT2D eigenvalue weighted by Crippen LogP contribution is -2.37. The Hall–Kier alpha value is -0.0551. The zero-order valence-electron chi connectivity index (χ0n) is 20.1. The van der Waals surface area contributed by atoms with Crippen LogP contribution in [-0.4, -0.2) is 25.6 Å². The number of hydrogen-bond acceptors (Lipinski definition) is 3. The molecule has 168 valence electrons. The number of unbranched alkanes of at least 4 members (excludes halogenated alkanes) is 9. The van der Waals surface area contributed by atoms with Crippen molar-refractivity contribution in [3.63, 3.8) is 0 Å². The van der Waals surface area contributed by atoms with Gasteiger partial charge in [-0.3, -0.25) is 0 Å². The Kier molecular flexibility index (Phi) is 20.2. The van der Waals surface area contributed by atoms with Gasteiger partial charge in [0, 0.05) is 18.3 Å². The van der Waals surface area contributed by atoms with Crippen LogP contribution in [0.4, 0.5) is 0 Å². The van der Waals surface area contributed by atoms with Gasteiger partial charge in [-0.05, 0) is 40.0 Å². The molecule has 0 rings (SSSR count). The summed E-state index contributed by atoms with van der Waals surface area (Å²) < 4.78 is 18.5. The van der Waals surface area contributed by atoms with Gasteiger partial charge in [-0.15, -0.1) is 0 Å². The molecule has 0 aliphatic rings. The Morgan fingerprint density at radius 2 is 0.750 bits per heavy atom. The Morgan fingerprint density at radius 3 is 1.00 bits per heavy atom. The lowest BCUT2D eigenvalue weighted by atomic mass is 10.1. The van der Waals surface area contributed by atoms with E-state index in [1.54, 1.807) is 0 Å². The molecule has 0 bridgehead atoms. The topological polar surface area (TPSA) is 27.7 Å². The first-order valence-electron chi connectivity index (χ1n) is 12.5. The van der Waals surface area contributed by atoms with Gasteiger partial charge < -0.3 is 14.0 Å². The van der Waals surface area contributed by atoms with E-state index in [4.69, 9.17) is 14.0 Å². The molecule has 0 aliphatic heterocycles. The average Bonchev–Trinajstić information content (AvgIpc) is 2.66. The van der Waals surface area contributed by atoms with Crippen LogP contribution in [0, 0.1) is 0 Å². The summed E-state index contributed by atoms with van der Waals surface area (Å²) in [6.07, 6.45) is 19.1. The third kappa shape index (κ3) is 18.0. The summed E-state index contributed by atoms with van der Waals surface area (Å²) in [5, 5.41) is 0. The van der Waals surface area contributed by atoms with E-state index in [2.05, 4.69) is 41.5 Å². The maximum Gasteiger partial charge on any atom is 0.639 e. The number of rotatable bonds is 21. The van der Waals surface area contributed by atoms with Gasteiger partial charge in [0.15, 0.2) is 0 Å². The lowest BCUT2D eigenvalue weighted by Gasteiger charge is -2.25. The second kappa shape index (κ2) is 20.2. The Bertz CT molecular complexity index is 267. The van der Waals surface area contributed by atoms with Gasteiger partial charge in [0.05, 0.1) is 0 Å². The largest absolute Gasteiger partial charge is 0.639 e. The Morgan fingerprint density at radius 1 is 0.464 bits per heavy atom. The maximum atomic E-state index is 6.18. The summed E-state index contributed by atoms with van der Waals surface area (Å²) in [5.74, 6) is 0. The molecule has 0 aromatic heterocycles. The first-order chi connectivity index (χ1) is 13.5. The first-order valence-corrected chi connectivity index (χ1v) is 12.5. The normalized spacial score (nSPS) is 14.8. The molecular weight excluding hydrogens is 347 g/mol. The van der Waals surface area contributed by atoms with E-state index >= 15 is 0 Å². The van der Waals surface area contributed by atoms with Crippen molar-refractivity contribution >= 4 is 7.32 Å². The van der Waals surface area contributed by atoms with Crippen molar-refractivity contribution in [3.05, 3.63) is 0 Å². The fourth-order valence-corrected chi connectivity index (χ4v) is 3.45. The molecule has 0 unspecified atom stereocenters. The highest BCUT2D eigenvalue weighted by atomic mass is 16.7. The molecule has 3 nitrogen and oxygen atoms in total. The summed E-state index contributed by atoms with van der Waals surface area (Å²) in [5.41, 5.74) is 0. The number of hydrogen-bond donors (Lipinski definition) is 0. The quantitative estimate of drug-likeness (QED) is 0.144. The van der Waals surface area contributed by atoms with Gasteiger partial charge in [-0.2, -0.15) is 0 Å². The van der Waals surface area contributed by atoms with E-state index < -0.39 is 7.32 Å². The smallest absolute Gasteiger partial charge is 0.383 e. The Labute approximate surface area is 177 Å². The lowest BCUT2D eigenvalue weighted by molar-refractivity contribution is 0.0133. The predicted octanol–water partition coefficient (Wildman–Crippen LogP) is 8.10. The van der Waals surface area contributed by atoms with Crippen LogP contribution in [0.2, 0.25) is 0 Å². The minimum absolute atomic E-state index is 0.182. The van der Waals surface area contributed by atoms with Gasteiger partial charge in [0.1, 0.15) is 0 Å². The van der Waals surface area contributed by atoms with Crippen molar-refractivity contribution in [2.45, 2.75) is 156 Å². The van der Waals surface area contributed by atoms with Gasteiger partial charge in [0.2, 0.25) is 0 Å². The van der Waals surface area contributed by atoms with Crippen LogP contribution in [0.1, 0.15) is 138 Å². The molecular formula is C24H51BO3. The fraction of sp³-hybridized carbons (Fsp3) is 1.00. The van der Waals surface area contributed by atoms with Gasteiger partial charge in [-0.1, -0.05) is 97.8 Å². The second-order valence-electron chi connectivity index (χ2n) is 8.68. The van der Waals surface area contributed by atoms with Gasteiger partial charge in [-0.25, -0.2) is 0 Å². The maximum absolute atomic E-state index is 6.18. The highest BCUT2D eigenvalue weighted by molar-refractivity contribution is 6.36.